The van der Waals surface area contributed by atoms with Crippen LogP contribution in [-0.2, 0) is 17.5 Å². The number of hydrogen-bond donors (Lipinski definition) is 1. The zero-order valence-corrected chi connectivity index (χ0v) is 14.4. The summed E-state index contributed by atoms with van der Waals surface area (Å²) in [5.41, 5.74) is -0.208. The molecule has 0 radical (unpaired) electrons. The smallest absolute Gasteiger partial charge is 0.356 e. The van der Waals surface area contributed by atoms with Gasteiger partial charge in [0.15, 0.2) is 0 Å². The zero-order valence-electron chi connectivity index (χ0n) is 13.6. The number of nitrogens with zero attached hydrogens (tertiary/aromatic N) is 1. The monoisotopic (exact) mass is 362 g/mol. The molecule has 0 bridgehead atoms. The van der Waals surface area contributed by atoms with E-state index < -0.39 is 11.7 Å². The van der Waals surface area contributed by atoms with Gasteiger partial charge in [0.25, 0.3) is 0 Å². The van der Waals surface area contributed by atoms with Gasteiger partial charge < -0.3 is 5.32 Å². The lowest BCUT2D eigenvalue weighted by atomic mass is 10.00. The van der Waals surface area contributed by atoms with Crippen LogP contribution in [0.3, 0.4) is 0 Å². The highest BCUT2D eigenvalue weighted by Crippen LogP contribution is 2.32. The van der Waals surface area contributed by atoms with E-state index in [9.17, 15) is 18.0 Å². The number of nitrogens with one attached hydrogen (secondary N) is 1. The van der Waals surface area contributed by atoms with Crippen LogP contribution >= 0.6 is 11.6 Å². The summed E-state index contributed by atoms with van der Waals surface area (Å²) in [6.45, 7) is 4.29. The fraction of sp³-hybridized carbons (Fsp3) is 0.588. The predicted octanol–water partition coefficient (Wildman–Crippen LogP) is 4.10. The van der Waals surface area contributed by atoms with Crippen LogP contribution in [0.1, 0.15) is 37.3 Å². The number of hydrogen-bond acceptors (Lipinski definition) is 2. The molecule has 24 heavy (non-hydrogen) atoms. The molecule has 1 unspecified atom stereocenters. The van der Waals surface area contributed by atoms with Crippen molar-refractivity contribution >= 4 is 17.5 Å². The quantitative estimate of drug-likeness (QED) is 0.874. The molecule has 0 aromatic heterocycles. The first-order chi connectivity index (χ1) is 11.3. The number of benzene rings is 1. The van der Waals surface area contributed by atoms with Gasteiger partial charge in [-0.3, -0.25) is 9.69 Å². The molecule has 134 valence electrons. The Morgan fingerprint density at radius 3 is 2.75 bits per heavy atom. The molecule has 1 aromatic rings. The molecule has 1 heterocycles. The van der Waals surface area contributed by atoms with Crippen LogP contribution in [0, 0.1) is 5.92 Å². The summed E-state index contributed by atoms with van der Waals surface area (Å²) in [6, 6.07) is 3.42. The molecule has 7 heteroatoms. The highest BCUT2D eigenvalue weighted by molar-refractivity contribution is 6.31. The largest absolute Gasteiger partial charge is 0.416 e. The number of likely N-dealkylation sites (tertiary alicyclic amines) is 1. The van der Waals surface area contributed by atoms with Crippen molar-refractivity contribution in [1.29, 1.82) is 0 Å². The third-order valence-corrected chi connectivity index (χ3v) is 4.68. The van der Waals surface area contributed by atoms with E-state index in [1.165, 1.54) is 6.07 Å². The van der Waals surface area contributed by atoms with Crippen LogP contribution in [0.4, 0.5) is 13.2 Å². The number of carbonyl (C=O) groups excluding carboxylic acids is 1. The molecule has 0 aliphatic carbocycles. The third kappa shape index (κ3) is 5.11. The van der Waals surface area contributed by atoms with Gasteiger partial charge in [0, 0.05) is 24.0 Å². The van der Waals surface area contributed by atoms with Gasteiger partial charge >= 0.3 is 6.18 Å². The Hall–Kier alpha value is -1.27. The maximum absolute atomic E-state index is 12.9. The summed E-state index contributed by atoms with van der Waals surface area (Å²) in [6.07, 6.45) is -2.01. The number of alkyl halides is 3. The highest BCUT2D eigenvalue weighted by atomic mass is 35.5. The molecule has 1 aliphatic heterocycles. The van der Waals surface area contributed by atoms with Gasteiger partial charge in [-0.1, -0.05) is 11.6 Å². The predicted molar refractivity (Wildman–Crippen MR) is 87.8 cm³/mol. The lowest BCUT2D eigenvalue weighted by molar-refractivity contribution is -0.137. The molecule has 2 rings (SSSR count). The lowest BCUT2D eigenvalue weighted by Gasteiger charge is -2.21. The van der Waals surface area contributed by atoms with Crippen molar-refractivity contribution in [3.63, 3.8) is 0 Å². The van der Waals surface area contributed by atoms with Crippen molar-refractivity contribution in [2.75, 3.05) is 19.6 Å². The first-order valence-corrected chi connectivity index (χ1v) is 8.54. The molecular weight excluding hydrogens is 341 g/mol. The van der Waals surface area contributed by atoms with Gasteiger partial charge in [-0.15, -0.1) is 0 Å². The number of carbonyl (C=O) groups is 1. The Bertz CT molecular complexity index is 577. The van der Waals surface area contributed by atoms with Crippen molar-refractivity contribution in [3.05, 3.63) is 34.3 Å². The summed E-state index contributed by atoms with van der Waals surface area (Å²) in [5.74, 6) is 0.0448. The maximum Gasteiger partial charge on any atom is 0.416 e. The molecule has 1 amide bonds. The first-order valence-electron chi connectivity index (χ1n) is 8.17. The molecule has 1 saturated heterocycles. The van der Waals surface area contributed by atoms with Gasteiger partial charge in [-0.2, -0.15) is 13.2 Å². The fourth-order valence-corrected chi connectivity index (χ4v) is 3.19. The molecule has 0 spiro atoms. The van der Waals surface area contributed by atoms with Gasteiger partial charge in [0.05, 0.1) is 5.56 Å². The second-order valence-electron chi connectivity index (χ2n) is 6.10. The Labute approximate surface area is 145 Å². The van der Waals surface area contributed by atoms with E-state index in [0.717, 1.165) is 31.5 Å². The Morgan fingerprint density at radius 1 is 1.33 bits per heavy atom. The number of halogens is 4. The maximum atomic E-state index is 12.9. The molecule has 1 aromatic carbocycles. The minimum Gasteiger partial charge on any atom is -0.356 e. The van der Waals surface area contributed by atoms with E-state index in [0.29, 0.717) is 36.6 Å². The SMILES string of the molecule is CCNC(=O)C1CCCN(Cc2cc(C(F)(F)F)ccc2Cl)CC1. The Morgan fingerprint density at radius 2 is 2.08 bits per heavy atom. The summed E-state index contributed by atoms with van der Waals surface area (Å²) >= 11 is 6.07. The second kappa shape index (κ2) is 8.21. The number of amides is 1. The van der Waals surface area contributed by atoms with Crippen LogP contribution in [0.2, 0.25) is 5.02 Å². The second-order valence-corrected chi connectivity index (χ2v) is 6.51. The van der Waals surface area contributed by atoms with Crippen LogP contribution in [-0.4, -0.2) is 30.4 Å². The average Bonchev–Trinajstić information content (AvgIpc) is 2.74. The Kier molecular flexibility index (Phi) is 6.52. The van der Waals surface area contributed by atoms with E-state index >= 15 is 0 Å². The molecule has 1 aliphatic rings. The summed E-state index contributed by atoms with van der Waals surface area (Å²) in [4.78, 5) is 14.0. The topological polar surface area (TPSA) is 32.3 Å². The molecule has 1 N–H and O–H groups in total. The fourth-order valence-electron chi connectivity index (χ4n) is 3.01. The summed E-state index contributed by atoms with van der Waals surface area (Å²) < 4.78 is 38.6. The molecular formula is C17H22ClF3N2O. The molecule has 0 saturated carbocycles. The zero-order chi connectivity index (χ0) is 17.7. The van der Waals surface area contributed by atoms with Crippen molar-refractivity contribution in [2.24, 2.45) is 5.92 Å². The minimum atomic E-state index is -4.37. The van der Waals surface area contributed by atoms with E-state index in [1.54, 1.807) is 0 Å². The van der Waals surface area contributed by atoms with Crippen LogP contribution < -0.4 is 5.32 Å². The van der Waals surface area contributed by atoms with Gasteiger partial charge in [0.1, 0.15) is 0 Å². The lowest BCUT2D eigenvalue weighted by Crippen LogP contribution is -2.31. The van der Waals surface area contributed by atoms with Gasteiger partial charge in [-0.25, -0.2) is 0 Å². The highest BCUT2D eigenvalue weighted by Gasteiger charge is 2.31. The standard InChI is InChI=1S/C17H22ClF3N2O/c1-2-22-16(24)12-4-3-8-23(9-7-12)11-13-10-14(17(19,20)21)5-6-15(13)18/h5-6,10,12H,2-4,7-9,11H2,1H3,(H,22,24). The molecule has 1 atom stereocenters. The molecule has 3 nitrogen and oxygen atoms in total. The molecule has 1 fully saturated rings. The van der Waals surface area contributed by atoms with Crippen LogP contribution in [0.15, 0.2) is 18.2 Å². The first kappa shape index (κ1) is 19.1. The van der Waals surface area contributed by atoms with Crippen LogP contribution in [0.25, 0.3) is 0 Å². The van der Waals surface area contributed by atoms with Gasteiger partial charge in [0.2, 0.25) is 5.91 Å². The van der Waals surface area contributed by atoms with Crippen molar-refractivity contribution in [2.45, 2.75) is 38.9 Å². The third-order valence-electron chi connectivity index (χ3n) is 4.31. The van der Waals surface area contributed by atoms with Crippen LogP contribution in [0.5, 0.6) is 0 Å². The van der Waals surface area contributed by atoms with Gasteiger partial charge in [-0.05, 0) is 63.0 Å². The van der Waals surface area contributed by atoms with E-state index in [1.807, 2.05) is 6.92 Å². The average molecular weight is 363 g/mol. The van der Waals surface area contributed by atoms with Crippen molar-refractivity contribution in [3.8, 4) is 0 Å². The summed E-state index contributed by atoms with van der Waals surface area (Å²) in [5, 5.41) is 3.18. The van der Waals surface area contributed by atoms with Crippen molar-refractivity contribution in [1.82, 2.24) is 10.2 Å². The van der Waals surface area contributed by atoms with E-state index in [2.05, 4.69) is 10.2 Å². The van der Waals surface area contributed by atoms with E-state index in [4.69, 9.17) is 11.6 Å². The summed E-state index contributed by atoms with van der Waals surface area (Å²) in [7, 11) is 0. The number of rotatable bonds is 4. The van der Waals surface area contributed by atoms with Crippen molar-refractivity contribution < 1.29 is 18.0 Å². The minimum absolute atomic E-state index is 0.0214. The Balaban J connectivity index is 2.03. The van der Waals surface area contributed by atoms with E-state index in [-0.39, 0.29) is 11.8 Å². The normalized spacial score (nSPS) is 19.8.